The van der Waals surface area contributed by atoms with Gasteiger partial charge in [-0.1, -0.05) is 35.5 Å². The lowest BCUT2D eigenvalue weighted by Gasteiger charge is -1.91. The summed E-state index contributed by atoms with van der Waals surface area (Å²) < 4.78 is 5.27. The topological polar surface area (TPSA) is 67.6 Å². The van der Waals surface area contributed by atoms with Gasteiger partial charge in [0.2, 0.25) is 5.82 Å². The largest absolute Gasteiger partial charge is 0.356 e. The molecule has 0 aliphatic heterocycles. The molecule has 2 heterocycles. The monoisotopic (exact) mass is 226 g/mol. The van der Waals surface area contributed by atoms with Gasteiger partial charge >= 0.3 is 0 Å². The molecule has 84 valence electrons. The molecular weight excluding hydrogens is 216 g/mol. The highest BCUT2D eigenvalue weighted by Crippen LogP contribution is 2.23. The Labute approximate surface area is 97.5 Å². The highest BCUT2D eigenvalue weighted by Gasteiger charge is 2.11. The van der Waals surface area contributed by atoms with Gasteiger partial charge in [-0.2, -0.15) is 5.10 Å². The van der Waals surface area contributed by atoms with Crippen molar-refractivity contribution < 1.29 is 4.52 Å². The van der Waals surface area contributed by atoms with E-state index in [0.29, 0.717) is 17.3 Å². The molecule has 0 aliphatic carbocycles. The first-order chi connectivity index (χ1) is 8.33. The summed E-state index contributed by atoms with van der Waals surface area (Å²) in [7, 11) is 0. The van der Waals surface area contributed by atoms with Gasteiger partial charge in [-0.05, 0) is 6.92 Å². The van der Waals surface area contributed by atoms with Gasteiger partial charge in [0.05, 0.1) is 0 Å². The van der Waals surface area contributed by atoms with Crippen LogP contribution in [-0.4, -0.2) is 20.3 Å². The molecule has 0 saturated heterocycles. The van der Waals surface area contributed by atoms with Crippen molar-refractivity contribution in [2.45, 2.75) is 6.92 Å². The van der Waals surface area contributed by atoms with Crippen molar-refractivity contribution >= 4 is 0 Å². The minimum Gasteiger partial charge on any atom is -0.356 e. The van der Waals surface area contributed by atoms with Crippen LogP contribution in [-0.2, 0) is 0 Å². The fraction of sp³-hybridized carbons (Fsp3) is 0.0833. The first-order valence-electron chi connectivity index (χ1n) is 5.24. The smallest absolute Gasteiger partial charge is 0.203 e. The Bertz CT molecular complexity index is 627. The van der Waals surface area contributed by atoms with Crippen LogP contribution in [0.4, 0.5) is 0 Å². The van der Waals surface area contributed by atoms with E-state index in [1.807, 2.05) is 43.3 Å². The van der Waals surface area contributed by atoms with E-state index < -0.39 is 0 Å². The van der Waals surface area contributed by atoms with E-state index >= 15 is 0 Å². The van der Waals surface area contributed by atoms with Gasteiger partial charge in [0.1, 0.15) is 5.82 Å². The highest BCUT2D eigenvalue weighted by molar-refractivity contribution is 5.62. The number of H-pyrrole nitrogens is 1. The van der Waals surface area contributed by atoms with E-state index in [2.05, 4.69) is 20.3 Å². The van der Waals surface area contributed by atoms with Crippen LogP contribution < -0.4 is 0 Å². The lowest BCUT2D eigenvalue weighted by Crippen LogP contribution is -1.79. The van der Waals surface area contributed by atoms with Gasteiger partial charge in [-0.25, -0.2) is 4.98 Å². The number of aromatic nitrogens is 4. The molecule has 0 atom stereocenters. The molecular formula is C12H10N4O. The maximum Gasteiger partial charge on any atom is 0.203 e. The summed E-state index contributed by atoms with van der Waals surface area (Å²) in [5.74, 6) is 2.01. The molecule has 0 bridgehead atoms. The number of nitrogens with zero attached hydrogens (tertiary/aromatic N) is 3. The van der Waals surface area contributed by atoms with E-state index in [-0.39, 0.29) is 0 Å². The van der Waals surface area contributed by atoms with Crippen LogP contribution in [0.25, 0.3) is 22.8 Å². The molecule has 0 unspecified atom stereocenters. The van der Waals surface area contributed by atoms with Crippen molar-refractivity contribution in [2.75, 3.05) is 0 Å². The Morgan fingerprint density at radius 1 is 1.18 bits per heavy atom. The molecule has 0 fully saturated rings. The Morgan fingerprint density at radius 2 is 2.00 bits per heavy atom. The Morgan fingerprint density at radius 3 is 2.71 bits per heavy atom. The fourth-order valence-electron chi connectivity index (χ4n) is 1.58. The number of rotatable bonds is 2. The zero-order valence-electron chi connectivity index (χ0n) is 9.21. The van der Waals surface area contributed by atoms with Crippen molar-refractivity contribution in [2.24, 2.45) is 0 Å². The Balaban J connectivity index is 1.99. The standard InChI is InChI=1S/C12H10N4O/c1-8-13-12(15-14-8)10-7-11(17-16-10)9-5-3-2-4-6-9/h2-7H,1H3,(H,13,14,15). The van der Waals surface area contributed by atoms with E-state index in [9.17, 15) is 0 Å². The molecule has 0 radical (unpaired) electrons. The summed E-state index contributed by atoms with van der Waals surface area (Å²) in [5, 5.41) is 10.8. The summed E-state index contributed by atoms with van der Waals surface area (Å²) >= 11 is 0. The maximum absolute atomic E-state index is 5.27. The molecule has 2 aromatic heterocycles. The van der Waals surface area contributed by atoms with Crippen LogP contribution in [0.5, 0.6) is 0 Å². The second kappa shape index (κ2) is 3.86. The quantitative estimate of drug-likeness (QED) is 0.728. The summed E-state index contributed by atoms with van der Waals surface area (Å²) in [4.78, 5) is 4.20. The zero-order valence-corrected chi connectivity index (χ0v) is 9.21. The maximum atomic E-state index is 5.27. The van der Waals surface area contributed by atoms with E-state index in [4.69, 9.17) is 4.52 Å². The zero-order chi connectivity index (χ0) is 11.7. The second-order valence-corrected chi connectivity index (χ2v) is 3.69. The average molecular weight is 226 g/mol. The van der Waals surface area contributed by atoms with Gasteiger partial charge in [0, 0.05) is 11.6 Å². The number of benzene rings is 1. The van der Waals surface area contributed by atoms with Gasteiger partial charge in [0.25, 0.3) is 0 Å². The minimum absolute atomic E-state index is 0.549. The molecule has 5 heteroatoms. The highest BCUT2D eigenvalue weighted by atomic mass is 16.5. The summed E-state index contributed by atoms with van der Waals surface area (Å²) in [6, 6.07) is 11.6. The van der Waals surface area contributed by atoms with E-state index in [0.717, 1.165) is 11.4 Å². The van der Waals surface area contributed by atoms with Gasteiger partial charge in [-0.15, -0.1) is 0 Å². The van der Waals surface area contributed by atoms with Crippen molar-refractivity contribution in [3.05, 3.63) is 42.2 Å². The van der Waals surface area contributed by atoms with Crippen molar-refractivity contribution in [3.8, 4) is 22.8 Å². The van der Waals surface area contributed by atoms with Crippen LogP contribution in [0.15, 0.2) is 40.9 Å². The SMILES string of the molecule is Cc1nc(-c2cc(-c3ccccc3)on2)n[nH]1. The molecule has 1 N–H and O–H groups in total. The lowest BCUT2D eigenvalue weighted by molar-refractivity contribution is 0.434. The second-order valence-electron chi connectivity index (χ2n) is 3.69. The van der Waals surface area contributed by atoms with Gasteiger partial charge in [-0.3, -0.25) is 5.10 Å². The molecule has 0 amide bonds. The fourth-order valence-corrected chi connectivity index (χ4v) is 1.58. The first kappa shape index (κ1) is 9.77. The van der Waals surface area contributed by atoms with Crippen LogP contribution in [0.2, 0.25) is 0 Å². The molecule has 0 spiro atoms. The van der Waals surface area contributed by atoms with Gasteiger partial charge in [0.15, 0.2) is 11.5 Å². The predicted molar refractivity (Wildman–Crippen MR) is 62.1 cm³/mol. The minimum atomic E-state index is 0.549. The van der Waals surface area contributed by atoms with Crippen LogP contribution in [0.1, 0.15) is 5.82 Å². The average Bonchev–Trinajstić information content (AvgIpc) is 2.98. The number of hydrogen-bond acceptors (Lipinski definition) is 4. The third-order valence-electron chi connectivity index (χ3n) is 2.39. The third-order valence-corrected chi connectivity index (χ3v) is 2.39. The summed E-state index contributed by atoms with van der Waals surface area (Å²) in [6.07, 6.45) is 0. The number of nitrogens with one attached hydrogen (secondary N) is 1. The predicted octanol–water partition coefficient (Wildman–Crippen LogP) is 2.44. The van der Waals surface area contributed by atoms with Crippen molar-refractivity contribution in [1.82, 2.24) is 20.3 Å². The Hall–Kier alpha value is -2.43. The number of aromatic amines is 1. The summed E-state index contributed by atoms with van der Waals surface area (Å²) in [5.41, 5.74) is 1.62. The lowest BCUT2D eigenvalue weighted by atomic mass is 10.1. The summed E-state index contributed by atoms with van der Waals surface area (Å²) in [6.45, 7) is 1.84. The molecule has 17 heavy (non-hydrogen) atoms. The van der Waals surface area contributed by atoms with E-state index in [1.165, 1.54) is 0 Å². The van der Waals surface area contributed by atoms with Crippen LogP contribution >= 0.6 is 0 Å². The molecule has 0 aliphatic rings. The molecule has 5 nitrogen and oxygen atoms in total. The van der Waals surface area contributed by atoms with Gasteiger partial charge < -0.3 is 4.52 Å². The number of aryl methyl sites for hydroxylation is 1. The van der Waals surface area contributed by atoms with Crippen LogP contribution in [0, 0.1) is 6.92 Å². The molecule has 3 rings (SSSR count). The normalized spacial score (nSPS) is 10.6. The molecule has 0 saturated carbocycles. The Kier molecular flexibility index (Phi) is 2.22. The van der Waals surface area contributed by atoms with Crippen molar-refractivity contribution in [3.63, 3.8) is 0 Å². The first-order valence-corrected chi connectivity index (χ1v) is 5.24. The van der Waals surface area contributed by atoms with Crippen LogP contribution in [0.3, 0.4) is 0 Å². The molecule has 3 aromatic rings. The van der Waals surface area contributed by atoms with Crippen molar-refractivity contribution in [1.29, 1.82) is 0 Å². The third kappa shape index (κ3) is 1.82. The van der Waals surface area contributed by atoms with E-state index in [1.54, 1.807) is 0 Å². The molecule has 1 aromatic carbocycles. The number of hydrogen-bond donors (Lipinski definition) is 1.